The minimum absolute atomic E-state index is 0.0215. The molecule has 1 fully saturated rings. The molecule has 1 amide bonds. The molecule has 3 nitrogen and oxygen atoms in total. The lowest BCUT2D eigenvalue weighted by Gasteiger charge is -2.15. The van der Waals surface area contributed by atoms with Crippen molar-refractivity contribution < 1.29 is 18.0 Å². The summed E-state index contributed by atoms with van der Waals surface area (Å²) >= 11 is 0. The van der Waals surface area contributed by atoms with E-state index in [1.54, 1.807) is 0 Å². The average Bonchev–Trinajstić information content (AvgIpc) is 2.82. The van der Waals surface area contributed by atoms with Crippen molar-refractivity contribution >= 4 is 5.91 Å². The predicted molar refractivity (Wildman–Crippen MR) is 68.6 cm³/mol. The third-order valence-electron chi connectivity index (χ3n) is 3.62. The van der Waals surface area contributed by atoms with Gasteiger partial charge < -0.3 is 11.1 Å². The van der Waals surface area contributed by atoms with Gasteiger partial charge in [0.15, 0.2) is 0 Å². The first-order valence-electron chi connectivity index (χ1n) is 6.56. The van der Waals surface area contributed by atoms with Crippen molar-refractivity contribution in [3.63, 3.8) is 0 Å². The highest BCUT2D eigenvalue weighted by atomic mass is 19.4. The summed E-state index contributed by atoms with van der Waals surface area (Å²) in [6, 6.07) is 5.29. The zero-order valence-electron chi connectivity index (χ0n) is 10.9. The van der Waals surface area contributed by atoms with Gasteiger partial charge in [-0.2, -0.15) is 13.2 Å². The van der Waals surface area contributed by atoms with E-state index in [4.69, 9.17) is 5.73 Å². The second kappa shape index (κ2) is 5.83. The summed E-state index contributed by atoms with van der Waals surface area (Å²) in [6.07, 6.45) is -2.31. The summed E-state index contributed by atoms with van der Waals surface area (Å²) in [6.45, 7) is -0.111. The van der Waals surface area contributed by atoms with Gasteiger partial charge in [0.1, 0.15) is 0 Å². The third kappa shape index (κ3) is 3.50. The largest absolute Gasteiger partial charge is 0.416 e. The molecule has 1 aliphatic rings. The number of nitrogens with two attached hydrogens (primary N) is 1. The van der Waals surface area contributed by atoms with Crippen molar-refractivity contribution in [1.29, 1.82) is 0 Å². The molecule has 0 aliphatic heterocycles. The van der Waals surface area contributed by atoms with E-state index in [1.165, 1.54) is 18.2 Å². The zero-order chi connectivity index (χ0) is 14.8. The summed E-state index contributed by atoms with van der Waals surface area (Å²) in [4.78, 5) is 11.9. The van der Waals surface area contributed by atoms with Crippen LogP contribution in [0.15, 0.2) is 24.3 Å². The second-order valence-corrected chi connectivity index (χ2v) is 5.14. The van der Waals surface area contributed by atoms with Gasteiger partial charge in [0.05, 0.1) is 5.56 Å². The van der Waals surface area contributed by atoms with E-state index in [2.05, 4.69) is 5.32 Å². The van der Waals surface area contributed by atoms with Crippen LogP contribution in [0.5, 0.6) is 0 Å². The van der Waals surface area contributed by atoms with Gasteiger partial charge >= 0.3 is 6.18 Å². The van der Waals surface area contributed by atoms with E-state index in [0.29, 0.717) is 12.8 Å². The number of amides is 1. The summed E-state index contributed by atoms with van der Waals surface area (Å²) in [5.74, 6) is -0.391. The van der Waals surface area contributed by atoms with Crippen LogP contribution in [0, 0.1) is 5.92 Å². The number of halogens is 3. The number of rotatable bonds is 3. The Hall–Kier alpha value is -1.56. The first kappa shape index (κ1) is 14.8. The van der Waals surface area contributed by atoms with Crippen LogP contribution in [0.25, 0.3) is 0 Å². The molecule has 6 heteroatoms. The molecule has 2 rings (SSSR count). The second-order valence-electron chi connectivity index (χ2n) is 5.14. The molecule has 1 aromatic rings. The van der Waals surface area contributed by atoms with Crippen molar-refractivity contribution in [2.75, 3.05) is 0 Å². The number of nitrogens with one attached hydrogen (secondary N) is 1. The van der Waals surface area contributed by atoms with Crippen molar-refractivity contribution in [3.05, 3.63) is 35.4 Å². The molecule has 0 saturated heterocycles. The van der Waals surface area contributed by atoms with Gasteiger partial charge in [-0.05, 0) is 30.9 Å². The monoisotopic (exact) mass is 286 g/mol. The fraction of sp³-hybridized carbons (Fsp3) is 0.500. The molecule has 20 heavy (non-hydrogen) atoms. The molecule has 110 valence electrons. The molecule has 2 atom stereocenters. The first-order valence-corrected chi connectivity index (χ1v) is 6.56. The fourth-order valence-corrected chi connectivity index (χ4v) is 2.53. The van der Waals surface area contributed by atoms with E-state index in [1.807, 2.05) is 0 Å². The number of alkyl halides is 3. The maximum Gasteiger partial charge on any atom is 0.416 e. The maximum absolute atomic E-state index is 12.8. The Bertz CT molecular complexity index is 488. The van der Waals surface area contributed by atoms with Crippen LogP contribution in [0.2, 0.25) is 0 Å². The fourth-order valence-electron chi connectivity index (χ4n) is 2.53. The van der Waals surface area contributed by atoms with Gasteiger partial charge in [-0.3, -0.25) is 4.79 Å². The zero-order valence-corrected chi connectivity index (χ0v) is 10.9. The van der Waals surface area contributed by atoms with E-state index in [-0.39, 0.29) is 30.0 Å². The molecule has 3 N–H and O–H groups in total. The number of carbonyl (C=O) groups excluding carboxylic acids is 1. The maximum atomic E-state index is 12.8. The van der Waals surface area contributed by atoms with E-state index >= 15 is 0 Å². The Kier molecular flexibility index (Phi) is 4.32. The van der Waals surface area contributed by atoms with Crippen molar-refractivity contribution in [1.82, 2.24) is 5.32 Å². The molecule has 0 heterocycles. The summed E-state index contributed by atoms with van der Waals surface area (Å²) in [7, 11) is 0. The van der Waals surface area contributed by atoms with Gasteiger partial charge in [-0.15, -0.1) is 0 Å². The highest BCUT2D eigenvalue weighted by molar-refractivity contribution is 5.79. The number of hydrogen-bond acceptors (Lipinski definition) is 2. The summed E-state index contributed by atoms with van der Waals surface area (Å²) < 4.78 is 38.4. The summed E-state index contributed by atoms with van der Waals surface area (Å²) in [5, 5.41) is 2.58. The van der Waals surface area contributed by atoms with Gasteiger partial charge in [0, 0.05) is 18.5 Å². The molecule has 1 saturated carbocycles. The lowest BCUT2D eigenvalue weighted by atomic mass is 10.1. The highest BCUT2D eigenvalue weighted by Gasteiger charge is 2.33. The Balaban J connectivity index is 1.99. The van der Waals surface area contributed by atoms with Crippen molar-refractivity contribution in [2.45, 2.75) is 38.0 Å². The number of hydrogen-bond donors (Lipinski definition) is 2. The minimum Gasteiger partial charge on any atom is -0.352 e. The molecule has 0 radical (unpaired) electrons. The number of carbonyl (C=O) groups is 1. The quantitative estimate of drug-likeness (QED) is 0.896. The topological polar surface area (TPSA) is 55.1 Å². The molecule has 0 bridgehead atoms. The summed E-state index contributed by atoms with van der Waals surface area (Å²) in [5.41, 5.74) is 5.10. The normalized spacial score (nSPS) is 22.8. The van der Waals surface area contributed by atoms with Crippen LogP contribution in [0.1, 0.15) is 30.4 Å². The molecule has 0 aromatic heterocycles. The minimum atomic E-state index is -4.41. The van der Waals surface area contributed by atoms with Gasteiger partial charge in [-0.25, -0.2) is 0 Å². The van der Waals surface area contributed by atoms with Crippen LogP contribution in [0.4, 0.5) is 13.2 Å². The third-order valence-corrected chi connectivity index (χ3v) is 3.62. The SMILES string of the molecule is NC1CCC(C(=O)NCc2ccccc2C(F)(F)F)C1. The van der Waals surface area contributed by atoms with Crippen LogP contribution in [-0.2, 0) is 17.5 Å². The van der Waals surface area contributed by atoms with E-state index in [0.717, 1.165) is 12.5 Å². The molecular weight excluding hydrogens is 269 g/mol. The van der Waals surface area contributed by atoms with Crippen LogP contribution in [-0.4, -0.2) is 11.9 Å². The van der Waals surface area contributed by atoms with Gasteiger partial charge in [0.25, 0.3) is 0 Å². The van der Waals surface area contributed by atoms with Crippen LogP contribution >= 0.6 is 0 Å². The van der Waals surface area contributed by atoms with Crippen molar-refractivity contribution in [3.8, 4) is 0 Å². The molecule has 0 spiro atoms. The average molecular weight is 286 g/mol. The lowest BCUT2D eigenvalue weighted by molar-refractivity contribution is -0.138. The van der Waals surface area contributed by atoms with Crippen LogP contribution < -0.4 is 11.1 Å². The molecule has 1 aliphatic carbocycles. The Labute approximate surface area is 115 Å². The van der Waals surface area contributed by atoms with Gasteiger partial charge in [-0.1, -0.05) is 18.2 Å². The Morgan fingerprint density at radius 2 is 2.00 bits per heavy atom. The van der Waals surface area contributed by atoms with Crippen molar-refractivity contribution in [2.24, 2.45) is 11.7 Å². The Morgan fingerprint density at radius 3 is 2.60 bits per heavy atom. The molecule has 2 unspecified atom stereocenters. The predicted octanol–water partition coefficient (Wildman–Crippen LogP) is 2.45. The van der Waals surface area contributed by atoms with E-state index in [9.17, 15) is 18.0 Å². The Morgan fingerprint density at radius 1 is 1.30 bits per heavy atom. The standard InChI is InChI=1S/C14H17F3N2O/c15-14(16,17)12-4-2-1-3-10(12)8-19-13(20)9-5-6-11(18)7-9/h1-4,9,11H,5-8,18H2,(H,19,20). The first-order chi connectivity index (χ1) is 9.38. The van der Waals surface area contributed by atoms with E-state index < -0.39 is 11.7 Å². The smallest absolute Gasteiger partial charge is 0.352 e. The molecular formula is C14H17F3N2O. The highest BCUT2D eigenvalue weighted by Crippen LogP contribution is 2.32. The lowest BCUT2D eigenvalue weighted by Crippen LogP contribution is -2.30. The van der Waals surface area contributed by atoms with Gasteiger partial charge in [0.2, 0.25) is 5.91 Å². The van der Waals surface area contributed by atoms with Crippen LogP contribution in [0.3, 0.4) is 0 Å². The number of benzene rings is 1. The molecule has 1 aromatic carbocycles.